The molecule has 0 aromatic heterocycles. The second-order valence-electron chi connectivity index (χ2n) is 5.86. The van der Waals surface area contributed by atoms with E-state index in [1.54, 1.807) is 17.0 Å². The fourth-order valence-corrected chi connectivity index (χ4v) is 2.53. The van der Waals surface area contributed by atoms with Crippen LogP contribution >= 0.6 is 0 Å². The second-order valence-corrected chi connectivity index (χ2v) is 5.86. The molecule has 5 nitrogen and oxygen atoms in total. The first-order valence-electron chi connectivity index (χ1n) is 8.96. The summed E-state index contributed by atoms with van der Waals surface area (Å²) in [5, 5.41) is 2.86. The Morgan fingerprint density at radius 1 is 0.962 bits per heavy atom. The molecule has 0 saturated carbocycles. The van der Waals surface area contributed by atoms with Crippen LogP contribution in [0.5, 0.6) is 5.75 Å². The Morgan fingerprint density at radius 2 is 1.62 bits per heavy atom. The summed E-state index contributed by atoms with van der Waals surface area (Å²) in [5.41, 5.74) is 1.62. The molecular formula is C21H26N2O3. The average Bonchev–Trinajstić information content (AvgIpc) is 2.68. The van der Waals surface area contributed by atoms with E-state index in [-0.39, 0.29) is 11.8 Å². The molecule has 2 aromatic rings. The van der Waals surface area contributed by atoms with Crippen LogP contribution in [0.4, 0.5) is 0 Å². The number of carbonyl (C=O) groups excluding carboxylic acids is 2. The van der Waals surface area contributed by atoms with Crippen molar-refractivity contribution in [3.63, 3.8) is 0 Å². The van der Waals surface area contributed by atoms with Crippen LogP contribution in [0.1, 0.15) is 36.2 Å². The Bertz CT molecular complexity index is 695. The summed E-state index contributed by atoms with van der Waals surface area (Å²) in [4.78, 5) is 25.9. The maximum absolute atomic E-state index is 12.3. The zero-order valence-electron chi connectivity index (χ0n) is 15.4. The van der Waals surface area contributed by atoms with Crippen molar-refractivity contribution in [3.05, 3.63) is 65.7 Å². The van der Waals surface area contributed by atoms with Crippen molar-refractivity contribution in [1.29, 1.82) is 0 Å². The van der Waals surface area contributed by atoms with Gasteiger partial charge in [0.05, 0.1) is 13.0 Å². The van der Waals surface area contributed by atoms with Gasteiger partial charge < -0.3 is 15.0 Å². The summed E-state index contributed by atoms with van der Waals surface area (Å²) < 4.78 is 5.51. The minimum Gasteiger partial charge on any atom is -0.493 e. The minimum atomic E-state index is -0.0655. The number of hydrogen-bond donors (Lipinski definition) is 1. The van der Waals surface area contributed by atoms with Gasteiger partial charge in [-0.2, -0.15) is 0 Å². The number of ether oxygens (including phenoxy) is 1. The van der Waals surface area contributed by atoms with Crippen LogP contribution in [-0.4, -0.2) is 36.4 Å². The molecule has 0 aliphatic carbocycles. The Kier molecular flexibility index (Phi) is 7.68. The highest BCUT2D eigenvalue weighted by atomic mass is 16.5. The van der Waals surface area contributed by atoms with Crippen molar-refractivity contribution >= 4 is 11.8 Å². The summed E-state index contributed by atoms with van der Waals surface area (Å²) in [6, 6.07) is 16.8. The van der Waals surface area contributed by atoms with E-state index in [4.69, 9.17) is 4.74 Å². The molecule has 0 unspecified atom stereocenters. The maximum Gasteiger partial charge on any atom is 0.253 e. The van der Waals surface area contributed by atoms with Crippen molar-refractivity contribution in [2.24, 2.45) is 0 Å². The molecule has 0 aliphatic rings. The topological polar surface area (TPSA) is 58.6 Å². The zero-order chi connectivity index (χ0) is 18.8. The van der Waals surface area contributed by atoms with Crippen molar-refractivity contribution < 1.29 is 14.3 Å². The number of carbonyl (C=O) groups is 2. The third-order valence-corrected chi connectivity index (χ3v) is 4.08. The lowest BCUT2D eigenvalue weighted by molar-refractivity contribution is -0.121. The standard InChI is InChI=1S/C21H26N2O3/c1-3-23(4-2)21(25)18-12-10-17(11-13-18)16-22-20(24)14-15-26-19-8-6-5-7-9-19/h5-13H,3-4,14-16H2,1-2H3,(H,22,24). The smallest absolute Gasteiger partial charge is 0.253 e. The van der Waals surface area contributed by atoms with Crippen molar-refractivity contribution in [2.45, 2.75) is 26.8 Å². The van der Waals surface area contributed by atoms with Crippen LogP contribution in [0.15, 0.2) is 54.6 Å². The number of amides is 2. The van der Waals surface area contributed by atoms with Crippen LogP contribution < -0.4 is 10.1 Å². The lowest BCUT2D eigenvalue weighted by Gasteiger charge is -2.18. The van der Waals surface area contributed by atoms with Gasteiger partial charge in [0.25, 0.3) is 5.91 Å². The molecule has 2 amide bonds. The SMILES string of the molecule is CCN(CC)C(=O)c1ccc(CNC(=O)CCOc2ccccc2)cc1. The number of benzene rings is 2. The summed E-state index contributed by atoms with van der Waals surface area (Å²) in [6.07, 6.45) is 0.299. The molecular weight excluding hydrogens is 328 g/mol. The monoisotopic (exact) mass is 354 g/mol. The largest absolute Gasteiger partial charge is 0.493 e. The van der Waals surface area contributed by atoms with Crippen LogP contribution in [0, 0.1) is 0 Å². The van der Waals surface area contributed by atoms with Gasteiger partial charge in [-0.25, -0.2) is 0 Å². The lowest BCUT2D eigenvalue weighted by Crippen LogP contribution is -2.30. The first-order valence-corrected chi connectivity index (χ1v) is 8.96. The normalized spacial score (nSPS) is 10.2. The Balaban J connectivity index is 1.75. The van der Waals surface area contributed by atoms with Crippen molar-refractivity contribution in [1.82, 2.24) is 10.2 Å². The van der Waals surface area contributed by atoms with Gasteiger partial charge in [-0.15, -0.1) is 0 Å². The quantitative estimate of drug-likeness (QED) is 0.752. The van der Waals surface area contributed by atoms with Gasteiger partial charge in [0, 0.05) is 25.2 Å². The van der Waals surface area contributed by atoms with Gasteiger partial charge in [0.15, 0.2) is 0 Å². The molecule has 0 radical (unpaired) electrons. The molecule has 26 heavy (non-hydrogen) atoms. The van der Waals surface area contributed by atoms with E-state index in [2.05, 4.69) is 5.32 Å². The van der Waals surface area contributed by atoms with Crippen LogP contribution in [0.3, 0.4) is 0 Å². The highest BCUT2D eigenvalue weighted by Crippen LogP contribution is 2.09. The van der Waals surface area contributed by atoms with E-state index in [1.807, 2.05) is 56.3 Å². The molecule has 0 fully saturated rings. The molecule has 5 heteroatoms. The summed E-state index contributed by atoms with van der Waals surface area (Å²) in [6.45, 7) is 6.09. The van der Waals surface area contributed by atoms with Gasteiger partial charge in [-0.1, -0.05) is 30.3 Å². The summed E-state index contributed by atoms with van der Waals surface area (Å²) >= 11 is 0. The Morgan fingerprint density at radius 3 is 2.23 bits per heavy atom. The van der Waals surface area contributed by atoms with Gasteiger partial charge in [0.1, 0.15) is 5.75 Å². The van der Waals surface area contributed by atoms with Crippen molar-refractivity contribution in [3.8, 4) is 5.75 Å². The first-order chi connectivity index (χ1) is 12.6. The molecule has 138 valence electrons. The minimum absolute atomic E-state index is 0.0312. The molecule has 2 aromatic carbocycles. The van der Waals surface area contributed by atoms with Gasteiger partial charge in [0.2, 0.25) is 5.91 Å². The van der Waals surface area contributed by atoms with Crippen LogP contribution in [0.2, 0.25) is 0 Å². The van der Waals surface area contributed by atoms with E-state index >= 15 is 0 Å². The van der Waals surface area contributed by atoms with E-state index < -0.39 is 0 Å². The highest BCUT2D eigenvalue weighted by molar-refractivity contribution is 5.94. The Hall–Kier alpha value is -2.82. The number of nitrogens with zero attached hydrogens (tertiary/aromatic N) is 1. The van der Waals surface area contributed by atoms with E-state index in [1.165, 1.54) is 0 Å². The predicted molar refractivity (Wildman–Crippen MR) is 102 cm³/mol. The highest BCUT2D eigenvalue weighted by Gasteiger charge is 2.12. The van der Waals surface area contributed by atoms with E-state index in [0.717, 1.165) is 11.3 Å². The number of rotatable bonds is 9. The fraction of sp³-hybridized carbons (Fsp3) is 0.333. The van der Waals surface area contributed by atoms with Crippen molar-refractivity contribution in [2.75, 3.05) is 19.7 Å². The third-order valence-electron chi connectivity index (χ3n) is 4.08. The zero-order valence-corrected chi connectivity index (χ0v) is 15.4. The molecule has 0 saturated heterocycles. The fourth-order valence-electron chi connectivity index (χ4n) is 2.53. The summed E-state index contributed by atoms with van der Waals surface area (Å²) in [5.74, 6) is 0.724. The van der Waals surface area contributed by atoms with Gasteiger partial charge >= 0.3 is 0 Å². The van der Waals surface area contributed by atoms with Gasteiger partial charge in [-0.3, -0.25) is 9.59 Å². The van der Waals surface area contributed by atoms with Crippen LogP contribution in [-0.2, 0) is 11.3 Å². The lowest BCUT2D eigenvalue weighted by atomic mass is 10.1. The maximum atomic E-state index is 12.3. The first kappa shape index (κ1) is 19.5. The molecule has 0 aliphatic heterocycles. The molecule has 0 spiro atoms. The second kappa shape index (κ2) is 10.2. The third kappa shape index (κ3) is 5.92. The Labute approximate surface area is 155 Å². The number of hydrogen-bond acceptors (Lipinski definition) is 3. The van der Waals surface area contributed by atoms with E-state index in [0.29, 0.717) is 38.2 Å². The average molecular weight is 354 g/mol. The molecule has 1 N–H and O–H groups in total. The molecule has 0 atom stereocenters. The van der Waals surface area contributed by atoms with Gasteiger partial charge in [-0.05, 0) is 43.7 Å². The number of para-hydroxylation sites is 1. The number of nitrogens with one attached hydrogen (secondary N) is 1. The predicted octanol–water partition coefficient (Wildman–Crippen LogP) is 3.25. The summed E-state index contributed by atoms with van der Waals surface area (Å²) in [7, 11) is 0. The van der Waals surface area contributed by atoms with Crippen LogP contribution in [0.25, 0.3) is 0 Å². The molecule has 2 rings (SSSR count). The molecule has 0 bridgehead atoms. The molecule has 0 heterocycles. The van der Waals surface area contributed by atoms with E-state index in [9.17, 15) is 9.59 Å².